The van der Waals surface area contributed by atoms with Crippen LogP contribution in [0.3, 0.4) is 0 Å². The Labute approximate surface area is 192 Å². The van der Waals surface area contributed by atoms with Gasteiger partial charge < -0.3 is 5.32 Å². The highest BCUT2D eigenvalue weighted by atomic mass is 35.5. The van der Waals surface area contributed by atoms with Gasteiger partial charge in [-0.1, -0.05) is 23.7 Å². The van der Waals surface area contributed by atoms with Crippen LogP contribution in [0.5, 0.6) is 0 Å². The molecule has 0 atom stereocenters. The average molecular weight is 468 g/mol. The number of aromatic nitrogens is 3. The van der Waals surface area contributed by atoms with E-state index in [1.54, 1.807) is 29.8 Å². The number of non-ortho nitro benzene ring substituents is 1. The zero-order valence-corrected chi connectivity index (χ0v) is 18.6. The first kappa shape index (κ1) is 21.7. The van der Waals surface area contributed by atoms with Crippen LogP contribution in [-0.4, -0.2) is 25.6 Å². The molecule has 0 saturated carbocycles. The summed E-state index contributed by atoms with van der Waals surface area (Å²) < 4.78 is 1.54. The molecule has 4 aromatic rings. The molecule has 0 bridgehead atoms. The van der Waals surface area contributed by atoms with E-state index >= 15 is 0 Å². The number of nitrogens with one attached hydrogen (secondary N) is 1. The third-order valence-electron chi connectivity index (χ3n) is 4.59. The zero-order valence-electron chi connectivity index (χ0n) is 17.0. The van der Waals surface area contributed by atoms with Gasteiger partial charge in [0.1, 0.15) is 5.82 Å². The molecule has 32 heavy (non-hydrogen) atoms. The van der Waals surface area contributed by atoms with Gasteiger partial charge in [-0.2, -0.15) is 5.10 Å². The molecular weight excluding hydrogens is 450 g/mol. The van der Waals surface area contributed by atoms with Crippen molar-refractivity contribution in [3.63, 3.8) is 0 Å². The van der Waals surface area contributed by atoms with E-state index in [1.807, 2.05) is 29.6 Å². The SMILES string of the molecule is Cc1cc(NC(=O)Cc2csc(Cc3cccc(Cl)c3)n2)n(-c2ccc([N+](=O)[O-])cc2)n1. The zero-order chi connectivity index (χ0) is 22.7. The number of hydrogen-bond acceptors (Lipinski definition) is 6. The molecule has 2 aromatic carbocycles. The van der Waals surface area contributed by atoms with Gasteiger partial charge in [-0.25, -0.2) is 9.67 Å². The molecule has 4 rings (SSSR count). The largest absolute Gasteiger partial charge is 0.310 e. The highest BCUT2D eigenvalue weighted by Gasteiger charge is 2.14. The third kappa shape index (κ3) is 5.19. The number of carbonyl (C=O) groups excluding carboxylic acids is 1. The van der Waals surface area contributed by atoms with Crippen LogP contribution in [0.25, 0.3) is 5.69 Å². The quantitative estimate of drug-likeness (QED) is 0.305. The minimum Gasteiger partial charge on any atom is -0.310 e. The maximum atomic E-state index is 12.6. The van der Waals surface area contributed by atoms with Crippen molar-refractivity contribution < 1.29 is 9.72 Å². The van der Waals surface area contributed by atoms with Gasteiger partial charge in [0, 0.05) is 35.0 Å². The van der Waals surface area contributed by atoms with Crippen molar-refractivity contribution in [3.05, 3.63) is 97.1 Å². The molecule has 0 aliphatic carbocycles. The van der Waals surface area contributed by atoms with Gasteiger partial charge in [-0.05, 0) is 36.8 Å². The van der Waals surface area contributed by atoms with Crippen LogP contribution < -0.4 is 5.32 Å². The summed E-state index contributed by atoms with van der Waals surface area (Å²) in [5.41, 5.74) is 3.04. The van der Waals surface area contributed by atoms with E-state index in [-0.39, 0.29) is 18.0 Å². The van der Waals surface area contributed by atoms with Gasteiger partial charge in [0.2, 0.25) is 5.91 Å². The second-order valence-corrected chi connectivity index (χ2v) is 8.50. The number of aryl methyl sites for hydroxylation is 1. The number of anilines is 1. The van der Waals surface area contributed by atoms with Crippen LogP contribution >= 0.6 is 22.9 Å². The molecule has 8 nitrogen and oxygen atoms in total. The summed E-state index contributed by atoms with van der Waals surface area (Å²) in [6.07, 6.45) is 0.773. The molecule has 162 valence electrons. The van der Waals surface area contributed by atoms with Gasteiger partial charge in [0.05, 0.1) is 33.4 Å². The summed E-state index contributed by atoms with van der Waals surface area (Å²) in [6, 6.07) is 15.3. The van der Waals surface area contributed by atoms with E-state index in [0.717, 1.165) is 10.6 Å². The first-order chi connectivity index (χ1) is 15.4. The Morgan fingerprint density at radius 2 is 2.00 bits per heavy atom. The van der Waals surface area contributed by atoms with Crippen molar-refractivity contribution in [3.8, 4) is 5.69 Å². The summed E-state index contributed by atoms with van der Waals surface area (Å²) in [7, 11) is 0. The number of nitro groups is 1. The fourth-order valence-corrected chi connectivity index (χ4v) is 4.23. The standard InChI is InChI=1S/C22H18ClN5O3S/c1-14-9-20(27(26-14)18-5-7-19(8-6-18)28(30)31)25-21(29)12-17-13-32-22(24-17)11-15-3-2-4-16(23)10-15/h2-10,13H,11-12H2,1H3,(H,25,29). The van der Waals surface area contributed by atoms with Gasteiger partial charge in [0.25, 0.3) is 5.69 Å². The molecule has 2 aromatic heterocycles. The maximum absolute atomic E-state index is 12.6. The summed E-state index contributed by atoms with van der Waals surface area (Å²) in [6.45, 7) is 1.81. The van der Waals surface area contributed by atoms with Crippen LogP contribution in [-0.2, 0) is 17.6 Å². The minimum absolute atomic E-state index is 0.0136. The Hall–Kier alpha value is -3.56. The second-order valence-electron chi connectivity index (χ2n) is 7.12. The summed E-state index contributed by atoms with van der Waals surface area (Å²) >= 11 is 7.54. The number of thiazole rings is 1. The van der Waals surface area contributed by atoms with Crippen LogP contribution in [0.15, 0.2) is 60.0 Å². The molecule has 10 heteroatoms. The predicted octanol–water partition coefficient (Wildman–Crippen LogP) is 4.97. The van der Waals surface area contributed by atoms with Crippen molar-refractivity contribution in [2.24, 2.45) is 0 Å². The Bertz CT molecular complexity index is 1280. The lowest BCUT2D eigenvalue weighted by atomic mass is 10.2. The number of hydrogen-bond donors (Lipinski definition) is 1. The molecular formula is C22H18ClN5O3S. The van der Waals surface area contributed by atoms with Crippen molar-refractivity contribution >= 4 is 40.4 Å². The molecule has 0 fully saturated rings. The summed E-state index contributed by atoms with van der Waals surface area (Å²) in [5.74, 6) is 0.253. The third-order valence-corrected chi connectivity index (χ3v) is 5.72. The normalized spacial score (nSPS) is 10.8. The average Bonchev–Trinajstić information content (AvgIpc) is 3.33. The van der Waals surface area contributed by atoms with E-state index in [1.165, 1.54) is 23.5 Å². The number of nitrogens with zero attached hydrogens (tertiary/aromatic N) is 4. The fraction of sp³-hybridized carbons (Fsp3) is 0.136. The maximum Gasteiger partial charge on any atom is 0.269 e. The van der Waals surface area contributed by atoms with E-state index < -0.39 is 4.92 Å². The predicted molar refractivity (Wildman–Crippen MR) is 124 cm³/mol. The monoisotopic (exact) mass is 467 g/mol. The Morgan fingerprint density at radius 1 is 1.22 bits per heavy atom. The smallest absolute Gasteiger partial charge is 0.269 e. The number of benzene rings is 2. The van der Waals surface area contributed by atoms with Gasteiger partial charge in [0.15, 0.2) is 0 Å². The second kappa shape index (κ2) is 9.29. The van der Waals surface area contributed by atoms with E-state index in [0.29, 0.717) is 34.3 Å². The van der Waals surface area contributed by atoms with Crippen molar-refractivity contribution in [2.45, 2.75) is 19.8 Å². The summed E-state index contributed by atoms with van der Waals surface area (Å²) in [4.78, 5) is 27.6. The minimum atomic E-state index is -0.463. The number of nitro benzene ring substituents is 1. The Morgan fingerprint density at radius 3 is 2.72 bits per heavy atom. The van der Waals surface area contributed by atoms with Gasteiger partial charge in [-0.3, -0.25) is 14.9 Å². The highest BCUT2D eigenvalue weighted by Crippen LogP contribution is 2.21. The number of amides is 1. The lowest BCUT2D eigenvalue weighted by molar-refractivity contribution is -0.384. The van der Waals surface area contributed by atoms with Crippen LogP contribution in [0.1, 0.15) is 22.0 Å². The molecule has 0 aliphatic rings. The van der Waals surface area contributed by atoms with E-state index in [4.69, 9.17) is 11.6 Å². The van der Waals surface area contributed by atoms with E-state index in [2.05, 4.69) is 15.4 Å². The number of carbonyl (C=O) groups is 1. The highest BCUT2D eigenvalue weighted by molar-refractivity contribution is 7.09. The fourth-order valence-electron chi connectivity index (χ4n) is 3.19. The molecule has 0 saturated heterocycles. The molecule has 0 unspecified atom stereocenters. The molecule has 0 aliphatic heterocycles. The first-order valence-corrected chi connectivity index (χ1v) is 10.9. The first-order valence-electron chi connectivity index (χ1n) is 9.66. The van der Waals surface area contributed by atoms with Crippen LogP contribution in [0, 0.1) is 17.0 Å². The number of rotatable bonds is 7. The van der Waals surface area contributed by atoms with Crippen molar-refractivity contribution in [1.29, 1.82) is 0 Å². The van der Waals surface area contributed by atoms with E-state index in [9.17, 15) is 14.9 Å². The Balaban J connectivity index is 1.44. The van der Waals surface area contributed by atoms with Crippen LogP contribution in [0.2, 0.25) is 5.02 Å². The lowest BCUT2D eigenvalue weighted by Gasteiger charge is -2.08. The molecule has 0 spiro atoms. The molecule has 0 radical (unpaired) electrons. The molecule has 1 N–H and O–H groups in total. The number of halogens is 1. The van der Waals surface area contributed by atoms with Crippen molar-refractivity contribution in [1.82, 2.24) is 14.8 Å². The van der Waals surface area contributed by atoms with Crippen molar-refractivity contribution in [2.75, 3.05) is 5.32 Å². The van der Waals surface area contributed by atoms with Gasteiger partial charge in [-0.15, -0.1) is 11.3 Å². The summed E-state index contributed by atoms with van der Waals surface area (Å²) in [5, 5.41) is 21.6. The lowest BCUT2D eigenvalue weighted by Crippen LogP contribution is -2.17. The molecule has 2 heterocycles. The topological polar surface area (TPSA) is 103 Å². The Kier molecular flexibility index (Phi) is 6.29. The van der Waals surface area contributed by atoms with Crippen LogP contribution in [0.4, 0.5) is 11.5 Å². The van der Waals surface area contributed by atoms with Gasteiger partial charge >= 0.3 is 0 Å². The molecule has 1 amide bonds.